The van der Waals surface area contributed by atoms with Crippen molar-refractivity contribution in [2.45, 2.75) is 24.8 Å². The fraction of sp³-hybridized carbons (Fsp3) is 0.444. The molecule has 1 saturated heterocycles. The molecule has 2 aromatic rings. The highest BCUT2D eigenvalue weighted by atomic mass is 19.3. The maximum atomic E-state index is 14.7. The number of nitrogens with zero attached hydrogens (tertiary/aromatic N) is 5. The summed E-state index contributed by atoms with van der Waals surface area (Å²) in [4.78, 5) is 35.3. The summed E-state index contributed by atoms with van der Waals surface area (Å²) in [5, 5.41) is 0. The standard InChI is InChI=1S/C18H21F2N5O2/c1-23-12-13(4-5-15(23)26)18(19,20)16(27)24(2)14-6-10-25(11-7-14)17-21-8-3-9-22-17/h3-5,8-9,12,14H,6-7,10-11H2,1-2H3. The van der Waals surface area contributed by atoms with Crippen LogP contribution < -0.4 is 10.5 Å². The predicted octanol–water partition coefficient (Wildman–Crippen LogP) is 1.39. The average Bonchev–Trinajstić information content (AvgIpc) is 2.69. The second kappa shape index (κ2) is 7.42. The van der Waals surface area contributed by atoms with Gasteiger partial charge in [0.2, 0.25) is 11.5 Å². The Morgan fingerprint density at radius 1 is 1.22 bits per heavy atom. The monoisotopic (exact) mass is 377 g/mol. The van der Waals surface area contributed by atoms with Crippen molar-refractivity contribution in [2.24, 2.45) is 7.05 Å². The number of hydrogen-bond acceptors (Lipinski definition) is 5. The normalized spacial score (nSPS) is 15.6. The van der Waals surface area contributed by atoms with Crippen LogP contribution in [0.15, 0.2) is 41.6 Å². The largest absolute Gasteiger partial charge is 0.351 e. The molecule has 1 amide bonds. The van der Waals surface area contributed by atoms with Crippen molar-refractivity contribution in [1.29, 1.82) is 0 Å². The van der Waals surface area contributed by atoms with Gasteiger partial charge in [0.25, 0.3) is 5.91 Å². The van der Waals surface area contributed by atoms with Crippen LogP contribution in [0.5, 0.6) is 0 Å². The summed E-state index contributed by atoms with van der Waals surface area (Å²) in [6.45, 7) is 1.16. The third-order valence-corrected chi connectivity index (χ3v) is 4.88. The Morgan fingerprint density at radius 3 is 2.44 bits per heavy atom. The van der Waals surface area contributed by atoms with Gasteiger partial charge in [-0.1, -0.05) is 0 Å². The Bertz CT molecular complexity index is 864. The summed E-state index contributed by atoms with van der Waals surface area (Å²) in [6, 6.07) is 3.47. The van der Waals surface area contributed by atoms with Crippen molar-refractivity contribution in [3.8, 4) is 0 Å². The molecule has 27 heavy (non-hydrogen) atoms. The Kier molecular flexibility index (Phi) is 5.20. The van der Waals surface area contributed by atoms with E-state index in [0.717, 1.165) is 27.8 Å². The van der Waals surface area contributed by atoms with E-state index in [4.69, 9.17) is 0 Å². The molecule has 2 aromatic heterocycles. The summed E-state index contributed by atoms with van der Waals surface area (Å²) < 4.78 is 30.4. The zero-order valence-corrected chi connectivity index (χ0v) is 15.2. The summed E-state index contributed by atoms with van der Waals surface area (Å²) >= 11 is 0. The van der Waals surface area contributed by atoms with E-state index >= 15 is 0 Å². The zero-order valence-electron chi connectivity index (χ0n) is 15.2. The van der Waals surface area contributed by atoms with Gasteiger partial charge in [0.15, 0.2) is 0 Å². The zero-order chi connectivity index (χ0) is 19.6. The van der Waals surface area contributed by atoms with Gasteiger partial charge in [-0.05, 0) is 25.0 Å². The highest BCUT2D eigenvalue weighted by Crippen LogP contribution is 2.31. The van der Waals surface area contributed by atoms with Crippen LogP contribution in [0, 0.1) is 0 Å². The van der Waals surface area contributed by atoms with Crippen LogP contribution in [0.3, 0.4) is 0 Å². The highest BCUT2D eigenvalue weighted by molar-refractivity contribution is 5.84. The molecule has 7 nitrogen and oxygen atoms in total. The molecule has 0 unspecified atom stereocenters. The summed E-state index contributed by atoms with van der Waals surface area (Å²) in [6.07, 6.45) is 5.40. The summed E-state index contributed by atoms with van der Waals surface area (Å²) in [5.74, 6) is -4.36. The Morgan fingerprint density at radius 2 is 1.85 bits per heavy atom. The van der Waals surface area contributed by atoms with Crippen molar-refractivity contribution in [3.63, 3.8) is 0 Å². The minimum absolute atomic E-state index is 0.295. The molecule has 144 valence electrons. The number of rotatable bonds is 4. The molecule has 0 radical (unpaired) electrons. The minimum atomic E-state index is -3.69. The minimum Gasteiger partial charge on any atom is -0.341 e. The van der Waals surface area contributed by atoms with Gasteiger partial charge in [-0.3, -0.25) is 9.59 Å². The number of alkyl halides is 2. The number of carbonyl (C=O) groups excluding carboxylic acids is 1. The lowest BCUT2D eigenvalue weighted by molar-refractivity contribution is -0.160. The molecule has 1 fully saturated rings. The smallest absolute Gasteiger partial charge is 0.341 e. The molecule has 1 aliphatic heterocycles. The summed E-state index contributed by atoms with van der Waals surface area (Å²) in [5.41, 5.74) is -0.901. The average molecular weight is 377 g/mol. The fourth-order valence-electron chi connectivity index (χ4n) is 3.20. The number of aryl methyl sites for hydroxylation is 1. The van der Waals surface area contributed by atoms with E-state index in [2.05, 4.69) is 9.97 Å². The molecule has 0 aromatic carbocycles. The molecule has 0 atom stereocenters. The number of likely N-dealkylation sites (N-methyl/N-ethyl adjacent to an activating group) is 1. The van der Waals surface area contributed by atoms with Crippen molar-refractivity contribution in [1.82, 2.24) is 19.4 Å². The van der Waals surface area contributed by atoms with Crippen LogP contribution in [0.25, 0.3) is 0 Å². The van der Waals surface area contributed by atoms with Crippen LogP contribution in [0.1, 0.15) is 18.4 Å². The first-order valence-corrected chi connectivity index (χ1v) is 8.65. The first-order valence-electron chi connectivity index (χ1n) is 8.65. The van der Waals surface area contributed by atoms with Gasteiger partial charge in [-0.2, -0.15) is 8.78 Å². The van der Waals surface area contributed by atoms with E-state index in [1.807, 2.05) is 4.90 Å². The number of carbonyl (C=O) groups is 1. The van der Waals surface area contributed by atoms with Gasteiger partial charge < -0.3 is 14.4 Å². The van der Waals surface area contributed by atoms with Crippen LogP contribution in [-0.2, 0) is 17.8 Å². The molecule has 1 aliphatic rings. The Hall–Kier alpha value is -2.84. The first kappa shape index (κ1) is 18.9. The number of anilines is 1. The van der Waals surface area contributed by atoms with E-state index in [1.54, 1.807) is 18.5 Å². The molecule has 0 spiro atoms. The number of piperidine rings is 1. The van der Waals surface area contributed by atoms with E-state index in [-0.39, 0.29) is 6.04 Å². The molecule has 3 rings (SSSR count). The van der Waals surface area contributed by atoms with Gasteiger partial charge in [0.1, 0.15) is 0 Å². The van der Waals surface area contributed by atoms with Crippen LogP contribution in [0.4, 0.5) is 14.7 Å². The Balaban J connectivity index is 1.68. The Labute approximate surface area is 155 Å². The number of aromatic nitrogens is 3. The number of hydrogen-bond donors (Lipinski definition) is 0. The van der Waals surface area contributed by atoms with Gasteiger partial charge in [-0.15, -0.1) is 0 Å². The second-order valence-electron chi connectivity index (χ2n) is 6.62. The number of halogens is 2. The topological polar surface area (TPSA) is 71.3 Å². The number of pyridine rings is 1. The molecule has 9 heteroatoms. The van der Waals surface area contributed by atoms with E-state index in [9.17, 15) is 18.4 Å². The lowest BCUT2D eigenvalue weighted by Crippen LogP contribution is -2.50. The first-order chi connectivity index (χ1) is 12.8. The molecule has 0 bridgehead atoms. The van der Waals surface area contributed by atoms with Gasteiger partial charge in [0.05, 0.1) is 0 Å². The number of amides is 1. The lowest BCUT2D eigenvalue weighted by atomic mass is 10.0. The second-order valence-corrected chi connectivity index (χ2v) is 6.62. The molecule has 3 heterocycles. The lowest BCUT2D eigenvalue weighted by Gasteiger charge is -2.37. The van der Waals surface area contributed by atoms with E-state index in [1.165, 1.54) is 14.1 Å². The van der Waals surface area contributed by atoms with Gasteiger partial charge in [-0.25, -0.2) is 9.97 Å². The fourth-order valence-corrected chi connectivity index (χ4v) is 3.20. The summed E-state index contributed by atoms with van der Waals surface area (Å²) in [7, 11) is 2.77. The van der Waals surface area contributed by atoms with Gasteiger partial charge in [0, 0.05) is 63.4 Å². The third kappa shape index (κ3) is 3.81. The van der Waals surface area contributed by atoms with E-state index in [0.29, 0.717) is 31.9 Å². The molecular formula is C18H21F2N5O2. The third-order valence-electron chi connectivity index (χ3n) is 4.88. The predicted molar refractivity (Wildman–Crippen MR) is 95.6 cm³/mol. The SMILES string of the molecule is CN(C(=O)C(F)(F)c1ccc(=O)n(C)c1)C1CCN(c2ncccn2)CC1. The van der Waals surface area contributed by atoms with Crippen molar-refractivity contribution in [3.05, 3.63) is 52.7 Å². The van der Waals surface area contributed by atoms with E-state index < -0.39 is 23.0 Å². The molecular weight excluding hydrogens is 356 g/mol. The van der Waals surface area contributed by atoms with Crippen molar-refractivity contribution < 1.29 is 13.6 Å². The van der Waals surface area contributed by atoms with Crippen LogP contribution >= 0.6 is 0 Å². The quantitative estimate of drug-likeness (QED) is 0.805. The molecule has 0 N–H and O–H groups in total. The molecule has 0 saturated carbocycles. The maximum absolute atomic E-state index is 14.7. The van der Waals surface area contributed by atoms with Crippen LogP contribution in [-0.4, -0.2) is 51.5 Å². The maximum Gasteiger partial charge on any atom is 0.351 e. The van der Waals surface area contributed by atoms with Crippen molar-refractivity contribution in [2.75, 3.05) is 25.0 Å². The van der Waals surface area contributed by atoms with Crippen molar-refractivity contribution >= 4 is 11.9 Å². The van der Waals surface area contributed by atoms with Crippen LogP contribution in [0.2, 0.25) is 0 Å². The molecule has 0 aliphatic carbocycles. The van der Waals surface area contributed by atoms with Gasteiger partial charge >= 0.3 is 5.92 Å². The highest BCUT2D eigenvalue weighted by Gasteiger charge is 2.45.